The van der Waals surface area contributed by atoms with E-state index in [4.69, 9.17) is 26.6 Å². The average molecular weight is 231 g/mol. The van der Waals surface area contributed by atoms with Crippen LogP contribution >= 0.6 is 11.6 Å². The number of carboxylic acid groups (broad SMARTS) is 1. The highest BCUT2D eigenvalue weighted by atomic mass is 35.5. The van der Waals surface area contributed by atoms with Gasteiger partial charge in [-0.05, 0) is 31.2 Å². The van der Waals surface area contributed by atoms with Crippen LogP contribution in [-0.4, -0.2) is 28.4 Å². The normalized spacial score (nSPS) is 14.3. The van der Waals surface area contributed by atoms with Gasteiger partial charge in [0, 0.05) is 5.02 Å². The summed E-state index contributed by atoms with van der Waals surface area (Å²) in [6.45, 7) is 1.36. The van der Waals surface area contributed by atoms with Crippen molar-refractivity contribution in [3.63, 3.8) is 0 Å². The molecular weight excluding hydrogens is 220 g/mol. The Morgan fingerprint density at radius 3 is 2.33 bits per heavy atom. The molecule has 1 aromatic carbocycles. The molecule has 1 aromatic rings. The van der Waals surface area contributed by atoms with Gasteiger partial charge in [-0.25, -0.2) is 4.79 Å². The lowest BCUT2D eigenvalue weighted by Crippen LogP contribution is -2.37. The molecule has 1 rings (SSSR count). The Morgan fingerprint density at radius 2 is 1.93 bits per heavy atom. The van der Waals surface area contributed by atoms with Gasteiger partial charge in [0.1, 0.15) is 5.75 Å². The number of aliphatic hydroxyl groups excluding tert-OH is 1. The molecule has 0 aromatic heterocycles. The molecular formula is C10H11ClO4. The second-order valence-electron chi connectivity index (χ2n) is 3.07. The van der Waals surface area contributed by atoms with Crippen molar-refractivity contribution in [1.29, 1.82) is 0 Å². The fourth-order valence-corrected chi connectivity index (χ4v) is 1.14. The van der Waals surface area contributed by atoms with Crippen molar-refractivity contribution >= 4 is 17.6 Å². The van der Waals surface area contributed by atoms with Gasteiger partial charge < -0.3 is 14.9 Å². The highest BCUT2D eigenvalue weighted by Gasteiger charge is 2.24. The van der Waals surface area contributed by atoms with Crippen LogP contribution in [0.5, 0.6) is 5.75 Å². The van der Waals surface area contributed by atoms with Crippen LogP contribution in [0.15, 0.2) is 24.3 Å². The summed E-state index contributed by atoms with van der Waals surface area (Å²) in [6.07, 6.45) is -2.36. The lowest BCUT2D eigenvalue weighted by molar-refractivity contribution is -0.149. The molecule has 15 heavy (non-hydrogen) atoms. The van der Waals surface area contributed by atoms with E-state index in [0.717, 1.165) is 0 Å². The van der Waals surface area contributed by atoms with E-state index in [2.05, 4.69) is 0 Å². The molecule has 0 aliphatic carbocycles. The van der Waals surface area contributed by atoms with Crippen molar-refractivity contribution in [2.75, 3.05) is 0 Å². The zero-order chi connectivity index (χ0) is 11.4. The Labute approximate surface area is 92.1 Å². The topological polar surface area (TPSA) is 66.8 Å². The Bertz CT molecular complexity index is 334. The van der Waals surface area contributed by atoms with E-state index in [0.29, 0.717) is 10.8 Å². The first-order valence-electron chi connectivity index (χ1n) is 4.34. The SMILES string of the molecule is C[C@@H](O)[C@@H](Oc1ccc(Cl)cc1)C(=O)O. The van der Waals surface area contributed by atoms with Crippen LogP contribution in [0.25, 0.3) is 0 Å². The van der Waals surface area contributed by atoms with Crippen molar-refractivity contribution < 1.29 is 19.7 Å². The summed E-state index contributed by atoms with van der Waals surface area (Å²) in [6, 6.07) is 6.25. The van der Waals surface area contributed by atoms with Crippen molar-refractivity contribution in [3.05, 3.63) is 29.3 Å². The third kappa shape index (κ3) is 3.42. The van der Waals surface area contributed by atoms with E-state index in [9.17, 15) is 4.79 Å². The van der Waals surface area contributed by atoms with E-state index in [1.807, 2.05) is 0 Å². The molecule has 0 spiro atoms. The van der Waals surface area contributed by atoms with E-state index < -0.39 is 18.2 Å². The zero-order valence-electron chi connectivity index (χ0n) is 8.05. The Morgan fingerprint density at radius 1 is 1.40 bits per heavy atom. The van der Waals surface area contributed by atoms with Gasteiger partial charge in [0.2, 0.25) is 6.10 Å². The van der Waals surface area contributed by atoms with Crippen LogP contribution in [0.3, 0.4) is 0 Å². The molecule has 0 heterocycles. The van der Waals surface area contributed by atoms with Crippen LogP contribution in [0, 0.1) is 0 Å². The third-order valence-electron chi connectivity index (χ3n) is 1.76. The summed E-state index contributed by atoms with van der Waals surface area (Å²) in [7, 11) is 0. The predicted molar refractivity (Wildman–Crippen MR) is 55.2 cm³/mol. The number of carboxylic acids is 1. The minimum absolute atomic E-state index is 0.354. The maximum Gasteiger partial charge on any atom is 0.347 e. The Kier molecular flexibility index (Phi) is 3.94. The molecule has 82 valence electrons. The van der Waals surface area contributed by atoms with Crippen LogP contribution in [-0.2, 0) is 4.79 Å². The first kappa shape index (κ1) is 11.8. The van der Waals surface area contributed by atoms with E-state index in [1.165, 1.54) is 6.92 Å². The number of aliphatic carboxylic acids is 1. The van der Waals surface area contributed by atoms with Gasteiger partial charge in [-0.2, -0.15) is 0 Å². The van der Waals surface area contributed by atoms with Crippen LogP contribution in [0.1, 0.15) is 6.92 Å². The van der Waals surface area contributed by atoms with Crippen LogP contribution in [0.2, 0.25) is 5.02 Å². The Balaban J connectivity index is 2.74. The van der Waals surface area contributed by atoms with Gasteiger partial charge in [0.15, 0.2) is 0 Å². The fraction of sp³-hybridized carbons (Fsp3) is 0.300. The number of benzene rings is 1. The van der Waals surface area contributed by atoms with Crippen LogP contribution < -0.4 is 4.74 Å². The van der Waals surface area contributed by atoms with Gasteiger partial charge in [-0.1, -0.05) is 11.6 Å². The van der Waals surface area contributed by atoms with E-state index >= 15 is 0 Å². The zero-order valence-corrected chi connectivity index (χ0v) is 8.81. The lowest BCUT2D eigenvalue weighted by Gasteiger charge is -2.17. The fourth-order valence-electron chi connectivity index (χ4n) is 1.01. The van der Waals surface area contributed by atoms with Crippen molar-refractivity contribution in [3.8, 4) is 5.75 Å². The molecule has 0 radical (unpaired) electrons. The Hall–Kier alpha value is -1.26. The first-order valence-corrected chi connectivity index (χ1v) is 4.71. The van der Waals surface area contributed by atoms with Gasteiger partial charge in [0.05, 0.1) is 6.10 Å². The minimum Gasteiger partial charge on any atom is -0.478 e. The second kappa shape index (κ2) is 5.00. The molecule has 4 nitrogen and oxygen atoms in total. The molecule has 0 unspecified atom stereocenters. The summed E-state index contributed by atoms with van der Waals surface area (Å²) in [5, 5.41) is 18.4. The highest BCUT2D eigenvalue weighted by Crippen LogP contribution is 2.17. The van der Waals surface area contributed by atoms with Crippen LogP contribution in [0.4, 0.5) is 0 Å². The summed E-state index contributed by atoms with van der Waals surface area (Å²) < 4.78 is 5.08. The molecule has 2 atom stereocenters. The summed E-state index contributed by atoms with van der Waals surface area (Å²) in [4.78, 5) is 10.7. The minimum atomic E-state index is -1.27. The maximum absolute atomic E-state index is 10.7. The van der Waals surface area contributed by atoms with Gasteiger partial charge in [-0.15, -0.1) is 0 Å². The summed E-state index contributed by atoms with van der Waals surface area (Å²) in [5.41, 5.74) is 0. The maximum atomic E-state index is 10.7. The first-order chi connectivity index (χ1) is 7.00. The number of aliphatic hydroxyl groups is 1. The highest BCUT2D eigenvalue weighted by molar-refractivity contribution is 6.30. The molecule has 0 saturated heterocycles. The van der Waals surface area contributed by atoms with Gasteiger partial charge >= 0.3 is 5.97 Å². The number of carbonyl (C=O) groups is 1. The molecule has 0 amide bonds. The monoisotopic (exact) mass is 230 g/mol. The third-order valence-corrected chi connectivity index (χ3v) is 2.01. The number of ether oxygens (including phenoxy) is 1. The summed E-state index contributed by atoms with van der Waals surface area (Å²) >= 11 is 5.65. The predicted octanol–water partition coefficient (Wildman–Crippen LogP) is 1.55. The number of hydrogen-bond acceptors (Lipinski definition) is 3. The average Bonchev–Trinajstić information content (AvgIpc) is 2.15. The summed E-state index contributed by atoms with van der Waals surface area (Å²) in [5.74, 6) is -0.854. The largest absolute Gasteiger partial charge is 0.478 e. The number of hydrogen-bond donors (Lipinski definition) is 2. The molecule has 0 aliphatic rings. The van der Waals surface area contributed by atoms with E-state index in [-0.39, 0.29) is 0 Å². The number of rotatable bonds is 4. The van der Waals surface area contributed by atoms with Crippen molar-refractivity contribution in [1.82, 2.24) is 0 Å². The van der Waals surface area contributed by atoms with E-state index in [1.54, 1.807) is 24.3 Å². The van der Waals surface area contributed by atoms with Crippen molar-refractivity contribution in [2.24, 2.45) is 0 Å². The van der Waals surface area contributed by atoms with Crippen molar-refractivity contribution in [2.45, 2.75) is 19.1 Å². The van der Waals surface area contributed by atoms with Gasteiger partial charge in [-0.3, -0.25) is 0 Å². The lowest BCUT2D eigenvalue weighted by atomic mass is 10.2. The smallest absolute Gasteiger partial charge is 0.347 e. The molecule has 0 fully saturated rings. The molecule has 0 bridgehead atoms. The molecule has 5 heteroatoms. The standard InChI is InChI=1S/C10H11ClO4/c1-6(12)9(10(13)14)15-8-4-2-7(11)3-5-8/h2-6,9,12H,1H3,(H,13,14)/t6-,9-/m1/s1. The van der Waals surface area contributed by atoms with Gasteiger partial charge in [0.25, 0.3) is 0 Å². The molecule has 0 aliphatic heterocycles. The quantitative estimate of drug-likeness (QED) is 0.824. The molecule has 2 N–H and O–H groups in total. The number of halogens is 1. The molecule has 0 saturated carbocycles. The second-order valence-corrected chi connectivity index (χ2v) is 3.51.